The van der Waals surface area contributed by atoms with Gasteiger partial charge in [0.1, 0.15) is 0 Å². The molecule has 0 aliphatic carbocycles. The number of rotatable bonds is 5. The molecular weight excluding hydrogens is 212 g/mol. The highest BCUT2D eigenvalue weighted by atomic mass is 32.1. The molecule has 0 aliphatic rings. The molecule has 84 valence electrons. The van der Waals surface area contributed by atoms with Crippen LogP contribution in [0.25, 0.3) is 0 Å². The maximum atomic E-state index is 11.5. The molecule has 0 bridgehead atoms. The standard InChI is InChI=1S/C10H16N2O2S/c1-2-14-10(13)12(6-5-11)8-9-4-3-7-15-9/h3-4,7H,2,5-6,8,11H2,1H3. The van der Waals surface area contributed by atoms with Crippen molar-refractivity contribution in [1.29, 1.82) is 0 Å². The van der Waals surface area contributed by atoms with Crippen LogP contribution in [0.1, 0.15) is 11.8 Å². The lowest BCUT2D eigenvalue weighted by molar-refractivity contribution is 0.106. The number of amides is 1. The van der Waals surface area contributed by atoms with Crippen molar-refractivity contribution in [2.75, 3.05) is 19.7 Å². The Hall–Kier alpha value is -1.07. The second kappa shape index (κ2) is 6.42. The lowest BCUT2D eigenvalue weighted by atomic mass is 10.4. The summed E-state index contributed by atoms with van der Waals surface area (Å²) in [5.41, 5.74) is 5.45. The number of thiophene rings is 1. The summed E-state index contributed by atoms with van der Waals surface area (Å²) in [5.74, 6) is 0. The van der Waals surface area contributed by atoms with Crippen LogP contribution in [0.5, 0.6) is 0 Å². The fraction of sp³-hybridized carbons (Fsp3) is 0.500. The highest BCUT2D eigenvalue weighted by Gasteiger charge is 2.14. The largest absolute Gasteiger partial charge is 0.450 e. The summed E-state index contributed by atoms with van der Waals surface area (Å²) in [6, 6.07) is 3.96. The van der Waals surface area contributed by atoms with Gasteiger partial charge in [0.05, 0.1) is 13.2 Å². The number of nitrogens with zero attached hydrogens (tertiary/aromatic N) is 1. The Morgan fingerprint density at radius 3 is 3.00 bits per heavy atom. The maximum Gasteiger partial charge on any atom is 0.410 e. The van der Waals surface area contributed by atoms with Gasteiger partial charge in [-0.15, -0.1) is 11.3 Å². The molecule has 1 rings (SSSR count). The first-order valence-electron chi connectivity index (χ1n) is 4.92. The van der Waals surface area contributed by atoms with E-state index in [-0.39, 0.29) is 6.09 Å². The minimum Gasteiger partial charge on any atom is -0.450 e. The molecule has 0 unspecified atom stereocenters. The summed E-state index contributed by atoms with van der Waals surface area (Å²) >= 11 is 1.62. The molecule has 0 aromatic carbocycles. The van der Waals surface area contributed by atoms with Crippen molar-refractivity contribution >= 4 is 17.4 Å². The van der Waals surface area contributed by atoms with E-state index in [1.165, 1.54) is 0 Å². The highest BCUT2D eigenvalue weighted by molar-refractivity contribution is 7.09. The van der Waals surface area contributed by atoms with Crippen molar-refractivity contribution in [3.63, 3.8) is 0 Å². The van der Waals surface area contributed by atoms with E-state index in [4.69, 9.17) is 10.5 Å². The molecule has 5 heteroatoms. The van der Waals surface area contributed by atoms with E-state index in [9.17, 15) is 4.79 Å². The third-order valence-corrected chi connectivity index (χ3v) is 2.71. The summed E-state index contributed by atoms with van der Waals surface area (Å²) in [4.78, 5) is 14.3. The molecule has 1 aromatic heterocycles. The zero-order valence-corrected chi connectivity index (χ0v) is 9.63. The number of hydrogen-bond donors (Lipinski definition) is 1. The van der Waals surface area contributed by atoms with Crippen LogP contribution >= 0.6 is 11.3 Å². The van der Waals surface area contributed by atoms with Crippen LogP contribution in [0.15, 0.2) is 17.5 Å². The van der Waals surface area contributed by atoms with Crippen molar-refractivity contribution in [2.24, 2.45) is 5.73 Å². The second-order valence-corrected chi connectivity index (χ2v) is 4.02. The lowest BCUT2D eigenvalue weighted by Crippen LogP contribution is -2.35. The number of nitrogens with two attached hydrogens (primary N) is 1. The smallest absolute Gasteiger partial charge is 0.410 e. The molecule has 1 aromatic rings. The quantitative estimate of drug-likeness (QED) is 0.834. The van der Waals surface area contributed by atoms with E-state index in [2.05, 4.69) is 0 Å². The third-order valence-electron chi connectivity index (χ3n) is 1.85. The summed E-state index contributed by atoms with van der Waals surface area (Å²) in [7, 11) is 0. The molecule has 0 fully saturated rings. The molecule has 1 heterocycles. The average Bonchev–Trinajstić information content (AvgIpc) is 2.70. The van der Waals surface area contributed by atoms with Crippen LogP contribution in [0.2, 0.25) is 0 Å². The van der Waals surface area contributed by atoms with E-state index < -0.39 is 0 Å². The van der Waals surface area contributed by atoms with Crippen LogP contribution in [-0.4, -0.2) is 30.7 Å². The molecular formula is C10H16N2O2S. The summed E-state index contributed by atoms with van der Waals surface area (Å²) in [6.07, 6.45) is -0.295. The van der Waals surface area contributed by atoms with Crippen LogP contribution in [0.3, 0.4) is 0 Å². The third kappa shape index (κ3) is 3.89. The van der Waals surface area contributed by atoms with Gasteiger partial charge >= 0.3 is 6.09 Å². The maximum absolute atomic E-state index is 11.5. The number of hydrogen-bond acceptors (Lipinski definition) is 4. The Kier molecular flexibility index (Phi) is 5.14. The minimum atomic E-state index is -0.295. The van der Waals surface area contributed by atoms with E-state index in [1.807, 2.05) is 17.5 Å². The molecule has 0 radical (unpaired) electrons. The fourth-order valence-electron chi connectivity index (χ4n) is 1.20. The number of ether oxygens (including phenoxy) is 1. The van der Waals surface area contributed by atoms with Crippen LogP contribution in [0, 0.1) is 0 Å². The van der Waals surface area contributed by atoms with E-state index in [0.717, 1.165) is 4.88 Å². The van der Waals surface area contributed by atoms with Gasteiger partial charge in [-0.05, 0) is 18.4 Å². The van der Waals surface area contributed by atoms with E-state index in [1.54, 1.807) is 23.2 Å². The minimum absolute atomic E-state index is 0.295. The lowest BCUT2D eigenvalue weighted by Gasteiger charge is -2.20. The van der Waals surface area contributed by atoms with Gasteiger partial charge in [0.25, 0.3) is 0 Å². The molecule has 2 N–H and O–H groups in total. The molecule has 0 saturated carbocycles. The fourth-order valence-corrected chi connectivity index (χ4v) is 1.92. The van der Waals surface area contributed by atoms with Crippen LogP contribution in [-0.2, 0) is 11.3 Å². The van der Waals surface area contributed by atoms with Crippen molar-refractivity contribution in [1.82, 2.24) is 4.90 Å². The topological polar surface area (TPSA) is 55.6 Å². The van der Waals surface area contributed by atoms with Gasteiger partial charge < -0.3 is 15.4 Å². The van der Waals surface area contributed by atoms with Gasteiger partial charge in [-0.2, -0.15) is 0 Å². The molecule has 4 nitrogen and oxygen atoms in total. The molecule has 0 aliphatic heterocycles. The predicted molar refractivity (Wildman–Crippen MR) is 60.8 cm³/mol. The van der Waals surface area contributed by atoms with Gasteiger partial charge in [0.15, 0.2) is 0 Å². The zero-order valence-electron chi connectivity index (χ0n) is 8.81. The Morgan fingerprint density at radius 2 is 2.47 bits per heavy atom. The van der Waals surface area contributed by atoms with Crippen LogP contribution in [0.4, 0.5) is 4.79 Å². The summed E-state index contributed by atoms with van der Waals surface area (Å²) < 4.78 is 4.94. The number of carbonyl (C=O) groups excluding carboxylic acids is 1. The van der Waals surface area contributed by atoms with Gasteiger partial charge in [-0.3, -0.25) is 0 Å². The molecule has 1 amide bonds. The van der Waals surface area contributed by atoms with Crippen molar-refractivity contribution in [3.05, 3.63) is 22.4 Å². The molecule has 0 saturated heterocycles. The first kappa shape index (κ1) is 12.0. The number of carbonyl (C=O) groups is 1. The highest BCUT2D eigenvalue weighted by Crippen LogP contribution is 2.12. The normalized spacial score (nSPS) is 10.0. The Morgan fingerprint density at radius 1 is 1.67 bits per heavy atom. The van der Waals surface area contributed by atoms with E-state index in [0.29, 0.717) is 26.2 Å². The van der Waals surface area contributed by atoms with Gasteiger partial charge in [-0.1, -0.05) is 6.07 Å². The first-order chi connectivity index (χ1) is 7.27. The Bertz CT molecular complexity index is 288. The SMILES string of the molecule is CCOC(=O)N(CCN)Cc1cccs1. The summed E-state index contributed by atoms with van der Waals surface area (Å²) in [6.45, 7) is 3.74. The van der Waals surface area contributed by atoms with Crippen molar-refractivity contribution in [2.45, 2.75) is 13.5 Å². The van der Waals surface area contributed by atoms with E-state index >= 15 is 0 Å². The van der Waals surface area contributed by atoms with Gasteiger partial charge in [0.2, 0.25) is 0 Å². The Labute approximate surface area is 93.6 Å². The first-order valence-corrected chi connectivity index (χ1v) is 5.80. The monoisotopic (exact) mass is 228 g/mol. The van der Waals surface area contributed by atoms with Gasteiger partial charge in [-0.25, -0.2) is 4.79 Å². The van der Waals surface area contributed by atoms with Crippen molar-refractivity contribution in [3.8, 4) is 0 Å². The Balaban J connectivity index is 2.53. The van der Waals surface area contributed by atoms with Gasteiger partial charge in [0, 0.05) is 18.0 Å². The molecule has 0 atom stereocenters. The predicted octanol–water partition coefficient (Wildman–Crippen LogP) is 1.67. The second-order valence-electron chi connectivity index (χ2n) is 2.99. The molecule has 15 heavy (non-hydrogen) atoms. The average molecular weight is 228 g/mol. The van der Waals surface area contributed by atoms with Crippen molar-refractivity contribution < 1.29 is 9.53 Å². The summed E-state index contributed by atoms with van der Waals surface area (Å²) in [5, 5.41) is 1.99. The molecule has 0 spiro atoms. The zero-order chi connectivity index (χ0) is 11.1. The van der Waals surface area contributed by atoms with Crippen LogP contribution < -0.4 is 5.73 Å².